The van der Waals surface area contributed by atoms with E-state index in [0.717, 1.165) is 30.2 Å². The molecule has 1 fully saturated rings. The van der Waals surface area contributed by atoms with Crippen LogP contribution < -0.4 is 14.4 Å². The van der Waals surface area contributed by atoms with Crippen LogP contribution in [0.25, 0.3) is 0 Å². The highest BCUT2D eigenvalue weighted by Gasteiger charge is 2.26. The molecule has 1 aliphatic heterocycles. The second-order valence-corrected chi connectivity index (χ2v) is 8.22. The van der Waals surface area contributed by atoms with Crippen molar-refractivity contribution in [2.24, 2.45) is 0 Å². The highest BCUT2D eigenvalue weighted by Crippen LogP contribution is 2.34. The molecule has 1 saturated heterocycles. The Kier molecular flexibility index (Phi) is 7.95. The molecule has 0 bridgehead atoms. The number of carbonyl (C=O) groups is 1. The summed E-state index contributed by atoms with van der Waals surface area (Å²) in [5.74, 6) is 1.57. The number of nitrogens with one attached hydrogen (secondary N) is 1. The van der Waals surface area contributed by atoms with Crippen molar-refractivity contribution in [3.05, 3.63) is 23.8 Å². The summed E-state index contributed by atoms with van der Waals surface area (Å²) in [6.07, 6.45) is -0.821. The molecule has 1 heterocycles. The zero-order valence-corrected chi connectivity index (χ0v) is 17.8. The van der Waals surface area contributed by atoms with E-state index in [4.69, 9.17) is 14.2 Å². The first-order chi connectivity index (χ1) is 13.2. The number of methoxy groups -OCH3 is 1. The SMILES string of the molecule is CCOC(=O)N1CC[NH+](C[C@H](O)COc2ccc(OC)cc2C(C)(C)C)CC1. The smallest absolute Gasteiger partial charge is 0.410 e. The number of piperazine rings is 1. The predicted molar refractivity (Wildman–Crippen MR) is 107 cm³/mol. The molecule has 1 aliphatic rings. The number of rotatable bonds is 7. The zero-order valence-electron chi connectivity index (χ0n) is 17.8. The van der Waals surface area contributed by atoms with Gasteiger partial charge in [-0.25, -0.2) is 4.79 Å². The fraction of sp³-hybridized carbons (Fsp3) is 0.667. The van der Waals surface area contributed by atoms with E-state index >= 15 is 0 Å². The van der Waals surface area contributed by atoms with Crippen molar-refractivity contribution in [2.75, 3.05) is 53.0 Å². The summed E-state index contributed by atoms with van der Waals surface area (Å²) in [4.78, 5) is 14.8. The number of benzene rings is 1. The second-order valence-electron chi connectivity index (χ2n) is 8.22. The van der Waals surface area contributed by atoms with Crippen molar-refractivity contribution in [1.82, 2.24) is 4.90 Å². The van der Waals surface area contributed by atoms with Crippen LogP contribution in [0.15, 0.2) is 18.2 Å². The third-order valence-corrected chi connectivity index (χ3v) is 4.95. The fourth-order valence-corrected chi connectivity index (χ4v) is 3.35. The lowest BCUT2D eigenvalue weighted by Gasteiger charge is -2.32. The van der Waals surface area contributed by atoms with Gasteiger partial charge in [0.25, 0.3) is 0 Å². The van der Waals surface area contributed by atoms with Crippen molar-refractivity contribution < 1.29 is 29.0 Å². The Morgan fingerprint density at radius 1 is 1.29 bits per heavy atom. The van der Waals surface area contributed by atoms with Crippen molar-refractivity contribution in [2.45, 2.75) is 39.2 Å². The van der Waals surface area contributed by atoms with Gasteiger partial charge in [-0.05, 0) is 30.5 Å². The van der Waals surface area contributed by atoms with Gasteiger partial charge in [0, 0.05) is 5.56 Å². The van der Waals surface area contributed by atoms with Gasteiger partial charge >= 0.3 is 6.09 Å². The van der Waals surface area contributed by atoms with Gasteiger partial charge < -0.3 is 24.2 Å². The van der Waals surface area contributed by atoms with Gasteiger partial charge in [0.15, 0.2) is 0 Å². The van der Waals surface area contributed by atoms with Gasteiger partial charge in [-0.15, -0.1) is 0 Å². The van der Waals surface area contributed by atoms with Crippen LogP contribution in [0.3, 0.4) is 0 Å². The minimum atomic E-state index is -0.570. The first kappa shape index (κ1) is 22.3. The van der Waals surface area contributed by atoms with Crippen LogP contribution in [0, 0.1) is 0 Å². The number of carbonyl (C=O) groups excluding carboxylic acids is 1. The molecule has 2 rings (SSSR count). The molecule has 2 N–H and O–H groups in total. The van der Waals surface area contributed by atoms with Crippen molar-refractivity contribution >= 4 is 6.09 Å². The van der Waals surface area contributed by atoms with Crippen LogP contribution in [0.1, 0.15) is 33.3 Å². The molecule has 1 aromatic carbocycles. The molecular formula is C21H35N2O5+. The van der Waals surface area contributed by atoms with E-state index in [-0.39, 0.29) is 18.1 Å². The quantitative estimate of drug-likeness (QED) is 0.723. The van der Waals surface area contributed by atoms with E-state index in [9.17, 15) is 9.90 Å². The number of ether oxygens (including phenoxy) is 3. The molecule has 0 unspecified atom stereocenters. The van der Waals surface area contributed by atoms with Crippen molar-refractivity contribution in [3.63, 3.8) is 0 Å². The minimum absolute atomic E-state index is 0.0937. The Bertz CT molecular complexity index is 636. The maximum atomic E-state index is 11.8. The summed E-state index contributed by atoms with van der Waals surface area (Å²) in [5, 5.41) is 10.4. The second kappa shape index (κ2) is 9.98. The first-order valence-corrected chi connectivity index (χ1v) is 9.99. The molecule has 1 atom stereocenters. The Hall–Kier alpha value is -1.99. The summed E-state index contributed by atoms with van der Waals surface area (Å²) in [6.45, 7) is 12.3. The third-order valence-electron chi connectivity index (χ3n) is 4.95. The molecule has 0 aromatic heterocycles. The maximum absolute atomic E-state index is 11.8. The molecule has 1 amide bonds. The molecule has 7 nitrogen and oxygen atoms in total. The third kappa shape index (κ3) is 6.27. The van der Waals surface area contributed by atoms with Crippen molar-refractivity contribution in [1.29, 1.82) is 0 Å². The Labute approximate surface area is 168 Å². The topological polar surface area (TPSA) is 72.7 Å². The lowest BCUT2D eigenvalue weighted by molar-refractivity contribution is -0.907. The summed E-state index contributed by atoms with van der Waals surface area (Å²) < 4.78 is 16.3. The molecule has 0 spiro atoms. The van der Waals surface area contributed by atoms with Gasteiger partial charge in [-0.1, -0.05) is 20.8 Å². The fourth-order valence-electron chi connectivity index (χ4n) is 3.35. The standard InChI is InChI=1S/C21H34N2O5/c1-6-27-20(25)23-11-9-22(10-12-23)14-16(24)15-28-19-8-7-17(26-5)13-18(19)21(2,3)4/h7-8,13,16,24H,6,9-12,14-15H2,1-5H3/p+1/t16-/m0/s1. The van der Waals surface area contributed by atoms with Crippen LogP contribution >= 0.6 is 0 Å². The van der Waals surface area contributed by atoms with Gasteiger partial charge in [-0.2, -0.15) is 0 Å². The highest BCUT2D eigenvalue weighted by atomic mass is 16.6. The van der Waals surface area contributed by atoms with Crippen LogP contribution in [0.2, 0.25) is 0 Å². The number of nitrogens with zero attached hydrogens (tertiary/aromatic N) is 1. The van der Waals surface area contributed by atoms with E-state index in [1.165, 1.54) is 4.90 Å². The van der Waals surface area contributed by atoms with E-state index < -0.39 is 6.10 Å². The number of quaternary nitrogens is 1. The number of amides is 1. The molecular weight excluding hydrogens is 360 g/mol. The predicted octanol–water partition coefficient (Wildman–Crippen LogP) is 1.09. The summed E-state index contributed by atoms with van der Waals surface area (Å²) in [5.41, 5.74) is 0.957. The number of aliphatic hydroxyl groups excluding tert-OH is 1. The Morgan fingerprint density at radius 3 is 2.54 bits per heavy atom. The average molecular weight is 396 g/mol. The average Bonchev–Trinajstić information content (AvgIpc) is 2.66. The first-order valence-electron chi connectivity index (χ1n) is 9.99. The zero-order chi connectivity index (χ0) is 20.7. The van der Waals surface area contributed by atoms with Gasteiger partial charge in [0.2, 0.25) is 0 Å². The van der Waals surface area contributed by atoms with E-state index in [1.807, 2.05) is 25.1 Å². The molecule has 0 radical (unpaired) electrons. The van der Waals surface area contributed by atoms with Crippen LogP contribution in [-0.4, -0.2) is 75.3 Å². The monoisotopic (exact) mass is 395 g/mol. The van der Waals surface area contributed by atoms with E-state index in [2.05, 4.69) is 20.8 Å². The molecule has 0 aliphatic carbocycles. The summed E-state index contributed by atoms with van der Waals surface area (Å²) >= 11 is 0. The van der Waals surface area contributed by atoms with E-state index in [1.54, 1.807) is 12.0 Å². The van der Waals surface area contributed by atoms with Crippen LogP contribution in [-0.2, 0) is 10.2 Å². The normalized spacial score (nSPS) is 16.6. The molecule has 28 heavy (non-hydrogen) atoms. The van der Waals surface area contributed by atoms with Gasteiger partial charge in [-0.3, -0.25) is 4.90 Å². The Balaban J connectivity index is 1.85. The van der Waals surface area contributed by atoms with Gasteiger partial charge in [0.1, 0.15) is 30.8 Å². The summed E-state index contributed by atoms with van der Waals surface area (Å²) in [7, 11) is 1.65. The molecule has 0 saturated carbocycles. The highest BCUT2D eigenvalue weighted by molar-refractivity contribution is 5.67. The lowest BCUT2D eigenvalue weighted by atomic mass is 9.86. The Morgan fingerprint density at radius 2 is 1.96 bits per heavy atom. The lowest BCUT2D eigenvalue weighted by Crippen LogP contribution is -3.16. The van der Waals surface area contributed by atoms with Crippen molar-refractivity contribution in [3.8, 4) is 11.5 Å². The molecule has 1 aromatic rings. The minimum Gasteiger partial charge on any atom is -0.497 e. The van der Waals surface area contributed by atoms with Crippen LogP contribution in [0.4, 0.5) is 4.79 Å². The van der Waals surface area contributed by atoms with E-state index in [0.29, 0.717) is 26.2 Å². The largest absolute Gasteiger partial charge is 0.497 e. The molecule has 158 valence electrons. The molecule has 7 heteroatoms. The van der Waals surface area contributed by atoms with Crippen LogP contribution in [0.5, 0.6) is 11.5 Å². The number of aliphatic hydroxyl groups is 1. The van der Waals surface area contributed by atoms with Gasteiger partial charge in [0.05, 0.1) is 39.9 Å². The summed E-state index contributed by atoms with van der Waals surface area (Å²) in [6, 6.07) is 5.76. The number of hydrogen-bond acceptors (Lipinski definition) is 5. The maximum Gasteiger partial charge on any atom is 0.410 e. The number of hydrogen-bond donors (Lipinski definition) is 2.